The van der Waals surface area contributed by atoms with Crippen molar-refractivity contribution in [2.24, 2.45) is 5.41 Å². The summed E-state index contributed by atoms with van der Waals surface area (Å²) in [5, 5.41) is 21.2. The van der Waals surface area contributed by atoms with Crippen LogP contribution < -0.4 is 11.1 Å². The monoisotopic (exact) mass is 310 g/mol. The maximum absolute atomic E-state index is 11.9. The number of nitrogens with one attached hydrogen (secondary N) is 1. The summed E-state index contributed by atoms with van der Waals surface area (Å²) < 4.78 is 5.03. The smallest absolute Gasteiger partial charge is 0.408 e. The van der Waals surface area contributed by atoms with E-state index in [0.29, 0.717) is 0 Å². The Hall–Kier alpha value is -2.44. The Bertz CT molecular complexity index is 580. The summed E-state index contributed by atoms with van der Waals surface area (Å²) in [6, 6.07) is 3.95. The number of ether oxygens (including phenoxy) is 1. The van der Waals surface area contributed by atoms with Crippen molar-refractivity contribution < 1.29 is 24.5 Å². The standard InChI is InChI=1S/C15H22N2O5/c1-14(2,3)8-22-13(21)17-15(4,12(19)20)9-5-6-11(18)10(16)7-9/h5-7,18H,8,16H2,1-4H3,(H,17,21)(H,19,20)/t15-/m0/s1. The third-order valence-corrected chi connectivity index (χ3v) is 3.02. The van der Waals surface area contributed by atoms with E-state index in [9.17, 15) is 19.8 Å². The van der Waals surface area contributed by atoms with Crippen LogP contribution >= 0.6 is 0 Å². The minimum Gasteiger partial charge on any atom is -0.506 e. The van der Waals surface area contributed by atoms with Crippen molar-refractivity contribution in [2.45, 2.75) is 33.2 Å². The van der Waals surface area contributed by atoms with Gasteiger partial charge in [0.1, 0.15) is 5.75 Å². The molecule has 7 nitrogen and oxygen atoms in total. The number of hydrogen-bond acceptors (Lipinski definition) is 5. The van der Waals surface area contributed by atoms with Crippen molar-refractivity contribution in [3.63, 3.8) is 0 Å². The Morgan fingerprint density at radius 3 is 2.32 bits per heavy atom. The summed E-state index contributed by atoms with van der Waals surface area (Å²) in [5.41, 5.74) is 3.86. The van der Waals surface area contributed by atoms with Gasteiger partial charge in [-0.1, -0.05) is 26.8 Å². The molecular weight excluding hydrogens is 288 g/mol. The molecule has 122 valence electrons. The van der Waals surface area contributed by atoms with Gasteiger partial charge >= 0.3 is 12.1 Å². The summed E-state index contributed by atoms with van der Waals surface area (Å²) in [4.78, 5) is 23.4. The fraction of sp³-hybridized carbons (Fsp3) is 0.467. The predicted octanol–water partition coefficient (Wildman–Crippen LogP) is 2.05. The van der Waals surface area contributed by atoms with E-state index in [0.717, 1.165) is 0 Å². The Balaban J connectivity index is 2.99. The molecule has 7 heteroatoms. The molecule has 0 radical (unpaired) electrons. The van der Waals surface area contributed by atoms with Crippen molar-refractivity contribution in [3.8, 4) is 5.75 Å². The molecular formula is C15H22N2O5. The molecule has 0 unspecified atom stereocenters. The van der Waals surface area contributed by atoms with Gasteiger partial charge in [-0.25, -0.2) is 9.59 Å². The molecule has 1 aromatic rings. The van der Waals surface area contributed by atoms with Gasteiger partial charge in [-0.2, -0.15) is 0 Å². The Kier molecular flexibility index (Phi) is 4.91. The average Bonchev–Trinajstić information content (AvgIpc) is 2.38. The van der Waals surface area contributed by atoms with Crippen molar-refractivity contribution in [2.75, 3.05) is 12.3 Å². The normalized spacial score (nSPS) is 14.0. The van der Waals surface area contributed by atoms with Crippen LogP contribution in [0.2, 0.25) is 0 Å². The minimum atomic E-state index is -1.73. The average molecular weight is 310 g/mol. The van der Waals surface area contributed by atoms with Crippen LogP contribution in [0.1, 0.15) is 33.3 Å². The van der Waals surface area contributed by atoms with Crippen molar-refractivity contribution in [3.05, 3.63) is 23.8 Å². The lowest BCUT2D eigenvalue weighted by Gasteiger charge is -2.27. The van der Waals surface area contributed by atoms with Crippen LogP contribution in [0, 0.1) is 5.41 Å². The highest BCUT2D eigenvalue weighted by Gasteiger charge is 2.38. The molecule has 1 atom stereocenters. The van der Waals surface area contributed by atoms with Gasteiger partial charge in [0.15, 0.2) is 5.54 Å². The zero-order valence-electron chi connectivity index (χ0n) is 13.1. The molecule has 22 heavy (non-hydrogen) atoms. The number of nitrogen functional groups attached to an aromatic ring is 1. The molecule has 0 aliphatic heterocycles. The maximum atomic E-state index is 11.9. The van der Waals surface area contributed by atoms with E-state index in [-0.39, 0.29) is 29.0 Å². The van der Waals surface area contributed by atoms with E-state index < -0.39 is 17.6 Å². The Morgan fingerprint density at radius 1 is 1.27 bits per heavy atom. The van der Waals surface area contributed by atoms with Crippen LogP contribution in [0.15, 0.2) is 18.2 Å². The molecule has 0 fully saturated rings. The number of alkyl carbamates (subject to hydrolysis) is 1. The molecule has 1 rings (SSSR count). The highest BCUT2D eigenvalue weighted by atomic mass is 16.5. The van der Waals surface area contributed by atoms with Gasteiger partial charge in [0, 0.05) is 0 Å². The third kappa shape index (κ3) is 4.28. The lowest BCUT2D eigenvalue weighted by atomic mass is 9.91. The second-order valence-corrected chi connectivity index (χ2v) is 6.47. The van der Waals surface area contributed by atoms with E-state index >= 15 is 0 Å². The van der Waals surface area contributed by atoms with E-state index in [1.165, 1.54) is 25.1 Å². The number of anilines is 1. The predicted molar refractivity (Wildman–Crippen MR) is 81.4 cm³/mol. The van der Waals surface area contributed by atoms with Crippen LogP contribution in [0.25, 0.3) is 0 Å². The van der Waals surface area contributed by atoms with Gasteiger partial charge < -0.3 is 26.0 Å². The number of hydrogen-bond donors (Lipinski definition) is 4. The first-order chi connectivity index (χ1) is 9.95. The number of carboxylic acids is 1. The molecule has 0 aromatic heterocycles. The molecule has 0 heterocycles. The topological polar surface area (TPSA) is 122 Å². The van der Waals surface area contributed by atoms with Gasteiger partial charge in [-0.15, -0.1) is 0 Å². The Labute approximate surface area is 129 Å². The number of phenolic OH excluding ortho intramolecular Hbond substituents is 1. The van der Waals surface area contributed by atoms with E-state index in [4.69, 9.17) is 10.5 Å². The van der Waals surface area contributed by atoms with Crippen LogP contribution in [0.3, 0.4) is 0 Å². The zero-order chi connectivity index (χ0) is 17.1. The molecule has 5 N–H and O–H groups in total. The number of carboxylic acid groups (broad SMARTS) is 1. The van der Waals surface area contributed by atoms with Crippen LogP contribution in [0.4, 0.5) is 10.5 Å². The molecule has 1 amide bonds. The van der Waals surface area contributed by atoms with Gasteiger partial charge in [-0.3, -0.25) is 0 Å². The number of carbonyl (C=O) groups excluding carboxylic acids is 1. The number of aromatic hydroxyl groups is 1. The number of rotatable bonds is 4. The number of nitrogens with two attached hydrogens (primary N) is 1. The fourth-order valence-corrected chi connectivity index (χ4v) is 1.64. The largest absolute Gasteiger partial charge is 0.506 e. The number of benzene rings is 1. The molecule has 0 aliphatic rings. The highest BCUT2D eigenvalue weighted by molar-refractivity contribution is 5.86. The number of amides is 1. The summed E-state index contributed by atoms with van der Waals surface area (Å²) in [6.07, 6.45) is -0.841. The summed E-state index contributed by atoms with van der Waals surface area (Å²) in [6.45, 7) is 7.12. The van der Waals surface area contributed by atoms with Gasteiger partial charge in [0.25, 0.3) is 0 Å². The van der Waals surface area contributed by atoms with E-state index in [1.54, 1.807) is 0 Å². The lowest BCUT2D eigenvalue weighted by molar-refractivity contribution is -0.144. The third-order valence-electron chi connectivity index (χ3n) is 3.02. The number of phenols is 1. The SMILES string of the molecule is CC(C)(C)COC(=O)N[C@](C)(C(=O)O)c1ccc(O)c(N)c1. The van der Waals surface area contributed by atoms with E-state index in [1.807, 2.05) is 20.8 Å². The van der Waals surface area contributed by atoms with Gasteiger partial charge in [0.2, 0.25) is 0 Å². The van der Waals surface area contributed by atoms with Crippen molar-refractivity contribution >= 4 is 17.7 Å². The van der Waals surface area contributed by atoms with E-state index in [2.05, 4.69) is 5.32 Å². The molecule has 1 aromatic carbocycles. The summed E-state index contributed by atoms with van der Waals surface area (Å²) >= 11 is 0. The van der Waals surface area contributed by atoms with Crippen LogP contribution in [0.5, 0.6) is 5.75 Å². The van der Waals surface area contributed by atoms with Crippen molar-refractivity contribution in [1.82, 2.24) is 5.32 Å². The molecule has 0 spiro atoms. The number of aliphatic carboxylic acids is 1. The lowest BCUT2D eigenvalue weighted by Crippen LogP contribution is -2.50. The highest BCUT2D eigenvalue weighted by Crippen LogP contribution is 2.28. The van der Waals surface area contributed by atoms with Gasteiger partial charge in [-0.05, 0) is 30.0 Å². The molecule has 0 bridgehead atoms. The van der Waals surface area contributed by atoms with Crippen LogP contribution in [-0.4, -0.2) is 28.9 Å². The van der Waals surface area contributed by atoms with Crippen LogP contribution in [-0.2, 0) is 15.1 Å². The minimum absolute atomic E-state index is 0.0230. The molecule has 0 aliphatic carbocycles. The van der Waals surface area contributed by atoms with Gasteiger partial charge in [0.05, 0.1) is 12.3 Å². The molecule has 0 saturated carbocycles. The summed E-state index contributed by atoms with van der Waals surface area (Å²) in [5.74, 6) is -1.43. The first kappa shape index (κ1) is 17.6. The second-order valence-electron chi connectivity index (χ2n) is 6.47. The Morgan fingerprint density at radius 2 is 1.86 bits per heavy atom. The fourth-order valence-electron chi connectivity index (χ4n) is 1.64. The number of carbonyl (C=O) groups is 2. The van der Waals surface area contributed by atoms with Crippen molar-refractivity contribution in [1.29, 1.82) is 0 Å². The summed E-state index contributed by atoms with van der Waals surface area (Å²) in [7, 11) is 0. The quantitative estimate of drug-likeness (QED) is 0.498. The zero-order valence-corrected chi connectivity index (χ0v) is 13.1. The first-order valence-corrected chi connectivity index (χ1v) is 6.73. The molecule has 0 saturated heterocycles. The second kappa shape index (κ2) is 6.13. The first-order valence-electron chi connectivity index (χ1n) is 6.73. The maximum Gasteiger partial charge on any atom is 0.408 e.